The lowest BCUT2D eigenvalue weighted by atomic mass is 10.2. The molecule has 1 fully saturated rings. The van der Waals surface area contributed by atoms with Crippen LogP contribution in [-0.4, -0.2) is 31.1 Å². The molecule has 0 radical (unpaired) electrons. The summed E-state index contributed by atoms with van der Waals surface area (Å²) in [5, 5.41) is 4.09. The van der Waals surface area contributed by atoms with Crippen molar-refractivity contribution in [1.82, 2.24) is 24.6 Å². The average Bonchev–Trinajstić information content (AvgIpc) is 3.00. The predicted molar refractivity (Wildman–Crippen MR) is 67.3 cm³/mol. The maximum Gasteiger partial charge on any atom is 0.243 e. The van der Waals surface area contributed by atoms with Gasteiger partial charge in [-0.05, 0) is 19.8 Å². The highest BCUT2D eigenvalue weighted by atomic mass is 16.5. The third-order valence-corrected chi connectivity index (χ3v) is 4.08. The topological polar surface area (TPSA) is 60.0 Å². The van der Waals surface area contributed by atoms with Gasteiger partial charge in [0.1, 0.15) is 5.82 Å². The highest BCUT2D eigenvalue weighted by Gasteiger charge is 2.31. The minimum Gasteiger partial charge on any atom is -0.338 e. The molecule has 1 aliphatic carbocycles. The molecule has 2 aromatic rings. The number of hydrogen-bond donors (Lipinski definition) is 0. The van der Waals surface area contributed by atoms with Gasteiger partial charge in [0.25, 0.3) is 0 Å². The summed E-state index contributed by atoms with van der Waals surface area (Å²) in [5.74, 6) is 3.28. The highest BCUT2D eigenvalue weighted by Crippen LogP contribution is 2.38. The Hall–Kier alpha value is -1.69. The van der Waals surface area contributed by atoms with E-state index in [9.17, 15) is 0 Å². The number of aromatic nitrogens is 4. The van der Waals surface area contributed by atoms with Gasteiger partial charge in [0.2, 0.25) is 5.89 Å². The first-order chi connectivity index (χ1) is 9.31. The van der Waals surface area contributed by atoms with Crippen LogP contribution in [0.2, 0.25) is 0 Å². The van der Waals surface area contributed by atoms with Crippen LogP contribution in [0.3, 0.4) is 0 Å². The molecule has 0 N–H and O–H groups in total. The van der Waals surface area contributed by atoms with E-state index in [1.54, 1.807) is 0 Å². The molecule has 2 aromatic heterocycles. The molecule has 4 rings (SSSR count). The maximum absolute atomic E-state index is 5.42. The van der Waals surface area contributed by atoms with E-state index in [1.807, 2.05) is 12.4 Å². The summed E-state index contributed by atoms with van der Waals surface area (Å²) in [6.07, 6.45) is 6.31. The van der Waals surface area contributed by atoms with Gasteiger partial charge in [-0.25, -0.2) is 4.98 Å². The first-order valence-electron chi connectivity index (χ1n) is 6.89. The number of nitrogens with zero attached hydrogens (tertiary/aromatic N) is 5. The number of hydrogen-bond acceptors (Lipinski definition) is 5. The summed E-state index contributed by atoms with van der Waals surface area (Å²) in [6, 6.07) is 0.158. The van der Waals surface area contributed by atoms with Gasteiger partial charge in [0, 0.05) is 31.4 Å². The van der Waals surface area contributed by atoms with Crippen molar-refractivity contribution in [3.63, 3.8) is 0 Å². The fraction of sp³-hybridized carbons (Fsp3) is 0.615. The van der Waals surface area contributed by atoms with Crippen molar-refractivity contribution in [2.24, 2.45) is 0 Å². The standard InChI is InChI=1S/C13H17N5O/c1-9(13-15-12(16-19-13)10-2-3-10)18-7-6-17-5-4-14-11(17)8-18/h4-5,9-10H,2-3,6-8H2,1H3/t9-/m0/s1. The fourth-order valence-corrected chi connectivity index (χ4v) is 2.60. The monoisotopic (exact) mass is 259 g/mol. The molecule has 0 bridgehead atoms. The predicted octanol–water partition coefficient (Wildman–Crippen LogP) is 1.72. The third kappa shape index (κ3) is 1.96. The second-order valence-corrected chi connectivity index (χ2v) is 5.45. The molecule has 1 aliphatic heterocycles. The van der Waals surface area contributed by atoms with E-state index in [-0.39, 0.29) is 6.04 Å². The van der Waals surface area contributed by atoms with E-state index < -0.39 is 0 Å². The molecular weight excluding hydrogens is 242 g/mol. The Morgan fingerprint density at radius 2 is 2.26 bits per heavy atom. The second-order valence-electron chi connectivity index (χ2n) is 5.45. The number of fused-ring (bicyclic) bond motifs is 1. The van der Waals surface area contributed by atoms with Crippen LogP contribution in [0, 0.1) is 0 Å². The van der Waals surface area contributed by atoms with Gasteiger partial charge in [0.15, 0.2) is 5.82 Å². The quantitative estimate of drug-likeness (QED) is 0.840. The van der Waals surface area contributed by atoms with Crippen LogP contribution in [0.5, 0.6) is 0 Å². The largest absolute Gasteiger partial charge is 0.338 e. The SMILES string of the molecule is C[C@@H](c1nc(C2CC2)no1)N1CCn2ccnc2C1. The van der Waals surface area contributed by atoms with Gasteiger partial charge >= 0.3 is 0 Å². The fourth-order valence-electron chi connectivity index (χ4n) is 2.60. The molecular formula is C13H17N5O. The number of rotatable bonds is 3. The Labute approximate surface area is 111 Å². The second kappa shape index (κ2) is 4.16. The summed E-state index contributed by atoms with van der Waals surface area (Å²) >= 11 is 0. The summed E-state index contributed by atoms with van der Waals surface area (Å²) in [5.41, 5.74) is 0. The van der Waals surface area contributed by atoms with Crippen molar-refractivity contribution in [3.8, 4) is 0 Å². The minimum absolute atomic E-state index is 0.158. The van der Waals surface area contributed by atoms with Crippen molar-refractivity contribution >= 4 is 0 Å². The first kappa shape index (κ1) is 11.2. The molecule has 0 unspecified atom stereocenters. The van der Waals surface area contributed by atoms with E-state index in [4.69, 9.17) is 4.52 Å². The van der Waals surface area contributed by atoms with Crippen molar-refractivity contribution in [2.45, 2.75) is 44.8 Å². The van der Waals surface area contributed by atoms with E-state index in [2.05, 4.69) is 31.5 Å². The highest BCUT2D eigenvalue weighted by molar-refractivity contribution is 5.05. The molecule has 0 amide bonds. The lowest BCUT2D eigenvalue weighted by Crippen LogP contribution is -2.35. The normalized spacial score (nSPS) is 21.3. The Kier molecular flexibility index (Phi) is 2.44. The molecule has 0 saturated heterocycles. The van der Waals surface area contributed by atoms with E-state index in [1.165, 1.54) is 12.8 Å². The third-order valence-electron chi connectivity index (χ3n) is 4.08. The summed E-state index contributed by atoms with van der Waals surface area (Å²) in [7, 11) is 0. The lowest BCUT2D eigenvalue weighted by molar-refractivity contribution is 0.136. The summed E-state index contributed by atoms with van der Waals surface area (Å²) in [4.78, 5) is 11.3. The molecule has 0 spiro atoms. The average molecular weight is 259 g/mol. The maximum atomic E-state index is 5.42. The molecule has 3 heterocycles. The van der Waals surface area contributed by atoms with Crippen LogP contribution in [-0.2, 0) is 13.1 Å². The minimum atomic E-state index is 0.158. The van der Waals surface area contributed by atoms with Gasteiger partial charge < -0.3 is 9.09 Å². The lowest BCUT2D eigenvalue weighted by Gasteiger charge is -2.30. The van der Waals surface area contributed by atoms with Crippen molar-refractivity contribution in [1.29, 1.82) is 0 Å². The zero-order valence-electron chi connectivity index (χ0n) is 11.0. The molecule has 19 heavy (non-hydrogen) atoms. The summed E-state index contributed by atoms with van der Waals surface area (Å²) in [6.45, 7) is 4.94. The molecule has 2 aliphatic rings. The molecule has 1 saturated carbocycles. The van der Waals surface area contributed by atoms with Gasteiger partial charge in [0.05, 0.1) is 12.6 Å². The Balaban J connectivity index is 1.52. The molecule has 0 aromatic carbocycles. The van der Waals surface area contributed by atoms with Crippen LogP contribution in [0.4, 0.5) is 0 Å². The smallest absolute Gasteiger partial charge is 0.243 e. The Morgan fingerprint density at radius 3 is 3.11 bits per heavy atom. The van der Waals surface area contributed by atoms with Crippen LogP contribution in [0.15, 0.2) is 16.9 Å². The van der Waals surface area contributed by atoms with Crippen molar-refractivity contribution in [2.75, 3.05) is 6.54 Å². The van der Waals surface area contributed by atoms with Crippen LogP contribution in [0.25, 0.3) is 0 Å². The zero-order valence-corrected chi connectivity index (χ0v) is 11.0. The molecule has 6 nitrogen and oxygen atoms in total. The van der Waals surface area contributed by atoms with Crippen LogP contribution in [0.1, 0.15) is 49.3 Å². The van der Waals surface area contributed by atoms with Gasteiger partial charge in [-0.1, -0.05) is 5.16 Å². The van der Waals surface area contributed by atoms with Gasteiger partial charge in [-0.3, -0.25) is 4.90 Å². The van der Waals surface area contributed by atoms with Crippen molar-refractivity contribution < 1.29 is 4.52 Å². The zero-order chi connectivity index (χ0) is 12.8. The molecule has 6 heteroatoms. The Morgan fingerprint density at radius 1 is 1.37 bits per heavy atom. The van der Waals surface area contributed by atoms with Gasteiger partial charge in [-0.15, -0.1) is 0 Å². The van der Waals surface area contributed by atoms with E-state index in [0.29, 0.717) is 5.92 Å². The van der Waals surface area contributed by atoms with Gasteiger partial charge in [-0.2, -0.15) is 4.98 Å². The Bertz CT molecular complexity index is 585. The van der Waals surface area contributed by atoms with E-state index in [0.717, 1.165) is 37.2 Å². The molecule has 1 atom stereocenters. The summed E-state index contributed by atoms with van der Waals surface area (Å²) < 4.78 is 7.62. The van der Waals surface area contributed by atoms with Crippen LogP contribution >= 0.6 is 0 Å². The van der Waals surface area contributed by atoms with Crippen molar-refractivity contribution in [3.05, 3.63) is 29.9 Å². The molecule has 100 valence electrons. The number of imidazole rings is 1. The van der Waals surface area contributed by atoms with Crippen LogP contribution < -0.4 is 0 Å². The van der Waals surface area contributed by atoms with E-state index >= 15 is 0 Å². The first-order valence-corrected chi connectivity index (χ1v) is 6.89.